The van der Waals surface area contributed by atoms with Crippen molar-refractivity contribution in [2.45, 2.75) is 53.5 Å². The van der Waals surface area contributed by atoms with Gasteiger partial charge in [-0.3, -0.25) is 9.69 Å². The van der Waals surface area contributed by atoms with E-state index in [0.29, 0.717) is 19.1 Å². The van der Waals surface area contributed by atoms with Crippen molar-refractivity contribution >= 4 is 5.78 Å². The minimum absolute atomic E-state index is 0.0929. The van der Waals surface area contributed by atoms with Crippen LogP contribution in [0, 0.1) is 20.8 Å². The van der Waals surface area contributed by atoms with Gasteiger partial charge < -0.3 is 5.11 Å². The third-order valence-electron chi connectivity index (χ3n) is 4.33. The lowest BCUT2D eigenvalue weighted by Gasteiger charge is -2.29. The summed E-state index contributed by atoms with van der Waals surface area (Å²) in [5, 5.41) is 9.24. The maximum atomic E-state index is 12.6. The van der Waals surface area contributed by atoms with Crippen molar-refractivity contribution < 1.29 is 9.90 Å². The molecule has 1 N–H and O–H groups in total. The number of aliphatic hydroxyl groups excluding tert-OH is 1. The lowest BCUT2D eigenvalue weighted by Crippen LogP contribution is -2.40. The molecule has 0 saturated heterocycles. The van der Waals surface area contributed by atoms with E-state index < -0.39 is 0 Å². The summed E-state index contributed by atoms with van der Waals surface area (Å²) in [6, 6.07) is 4.43. The molecular formula is C18H29NO2. The van der Waals surface area contributed by atoms with Crippen LogP contribution >= 0.6 is 0 Å². The molecule has 3 heteroatoms. The molecule has 0 aliphatic heterocycles. The zero-order valence-corrected chi connectivity index (χ0v) is 14.1. The van der Waals surface area contributed by atoms with Gasteiger partial charge in [0.2, 0.25) is 0 Å². The standard InChI is InChI=1S/C18H29NO2/c1-6-16(7-2)19(8-9-20)12-18(21)17-11-14(4)13(3)10-15(17)5/h10-11,16,20H,6-9,12H2,1-5H3. The molecule has 1 aromatic rings. The highest BCUT2D eigenvalue weighted by Gasteiger charge is 2.20. The molecule has 3 nitrogen and oxygen atoms in total. The number of nitrogens with zero attached hydrogens (tertiary/aromatic N) is 1. The first-order valence-electron chi connectivity index (χ1n) is 7.90. The smallest absolute Gasteiger partial charge is 0.177 e. The van der Waals surface area contributed by atoms with Crippen LogP contribution in [0.4, 0.5) is 0 Å². The molecule has 0 aromatic heterocycles. The van der Waals surface area contributed by atoms with Crippen LogP contribution in [-0.4, -0.2) is 41.5 Å². The van der Waals surface area contributed by atoms with Crippen LogP contribution in [0.25, 0.3) is 0 Å². The molecule has 0 aliphatic carbocycles. The summed E-state index contributed by atoms with van der Waals surface area (Å²) in [5.41, 5.74) is 4.22. The number of carbonyl (C=O) groups excluding carboxylic acids is 1. The monoisotopic (exact) mass is 291 g/mol. The zero-order chi connectivity index (χ0) is 16.0. The van der Waals surface area contributed by atoms with Gasteiger partial charge in [-0.1, -0.05) is 19.9 Å². The van der Waals surface area contributed by atoms with E-state index in [-0.39, 0.29) is 12.4 Å². The van der Waals surface area contributed by atoms with Crippen molar-refractivity contribution in [3.8, 4) is 0 Å². The van der Waals surface area contributed by atoms with Gasteiger partial charge in [-0.2, -0.15) is 0 Å². The Balaban J connectivity index is 2.94. The fourth-order valence-electron chi connectivity index (χ4n) is 2.85. The number of hydrogen-bond acceptors (Lipinski definition) is 3. The number of Topliss-reactive ketones (excluding diaryl/α,β-unsaturated/α-hetero) is 1. The van der Waals surface area contributed by atoms with Crippen molar-refractivity contribution in [1.29, 1.82) is 0 Å². The number of carbonyl (C=O) groups is 1. The Morgan fingerprint density at radius 2 is 1.67 bits per heavy atom. The second-order valence-electron chi connectivity index (χ2n) is 5.84. The maximum absolute atomic E-state index is 12.6. The predicted molar refractivity (Wildman–Crippen MR) is 88.0 cm³/mol. The van der Waals surface area contributed by atoms with Crippen LogP contribution < -0.4 is 0 Å². The Morgan fingerprint density at radius 3 is 2.19 bits per heavy atom. The van der Waals surface area contributed by atoms with Crippen molar-refractivity contribution in [2.24, 2.45) is 0 Å². The van der Waals surface area contributed by atoms with E-state index in [9.17, 15) is 9.90 Å². The molecule has 0 heterocycles. The Kier molecular flexibility index (Phi) is 7.06. The highest BCUT2D eigenvalue weighted by molar-refractivity contribution is 5.99. The molecule has 0 fully saturated rings. The van der Waals surface area contributed by atoms with Crippen LogP contribution in [0.2, 0.25) is 0 Å². The molecule has 0 atom stereocenters. The zero-order valence-electron chi connectivity index (χ0n) is 14.1. The van der Waals surface area contributed by atoms with Gasteiger partial charge in [-0.15, -0.1) is 0 Å². The largest absolute Gasteiger partial charge is 0.395 e. The second-order valence-corrected chi connectivity index (χ2v) is 5.84. The van der Waals surface area contributed by atoms with Crippen LogP contribution in [0.5, 0.6) is 0 Å². The SMILES string of the molecule is CCC(CC)N(CCO)CC(=O)c1cc(C)c(C)cc1C. The molecule has 0 saturated carbocycles. The van der Waals surface area contributed by atoms with Gasteiger partial charge in [0.05, 0.1) is 13.2 Å². The molecule has 0 radical (unpaired) electrons. The van der Waals surface area contributed by atoms with Crippen molar-refractivity contribution in [3.05, 3.63) is 34.4 Å². The minimum Gasteiger partial charge on any atom is -0.395 e. The molecule has 21 heavy (non-hydrogen) atoms. The maximum Gasteiger partial charge on any atom is 0.177 e. The summed E-state index contributed by atoms with van der Waals surface area (Å²) in [4.78, 5) is 14.7. The number of hydrogen-bond donors (Lipinski definition) is 1. The number of rotatable bonds is 8. The third-order valence-corrected chi connectivity index (χ3v) is 4.33. The average Bonchev–Trinajstić information content (AvgIpc) is 2.44. The number of aryl methyl sites for hydroxylation is 3. The van der Waals surface area contributed by atoms with Crippen LogP contribution in [-0.2, 0) is 0 Å². The average molecular weight is 291 g/mol. The molecule has 1 aromatic carbocycles. The molecule has 0 unspecified atom stereocenters. The normalized spacial score (nSPS) is 11.4. The first kappa shape index (κ1) is 17.9. The quantitative estimate of drug-likeness (QED) is 0.747. The van der Waals surface area contributed by atoms with E-state index in [1.54, 1.807) is 0 Å². The van der Waals surface area contributed by atoms with Crippen molar-refractivity contribution in [3.63, 3.8) is 0 Å². The highest BCUT2D eigenvalue weighted by Crippen LogP contribution is 2.17. The van der Waals surface area contributed by atoms with Crippen molar-refractivity contribution in [2.75, 3.05) is 19.7 Å². The molecular weight excluding hydrogens is 262 g/mol. The third kappa shape index (κ3) is 4.65. The fraction of sp³-hybridized carbons (Fsp3) is 0.611. The van der Waals surface area contributed by atoms with Crippen LogP contribution in [0.1, 0.15) is 53.7 Å². The van der Waals surface area contributed by atoms with Gasteiger partial charge >= 0.3 is 0 Å². The first-order valence-corrected chi connectivity index (χ1v) is 7.90. The Morgan fingerprint density at radius 1 is 1.10 bits per heavy atom. The van der Waals surface area contributed by atoms with Gasteiger partial charge in [0.15, 0.2) is 5.78 Å². The van der Waals surface area contributed by atoms with Crippen LogP contribution in [0.15, 0.2) is 12.1 Å². The van der Waals surface area contributed by atoms with Crippen molar-refractivity contribution in [1.82, 2.24) is 4.90 Å². The topological polar surface area (TPSA) is 40.5 Å². The number of aliphatic hydroxyl groups is 1. The predicted octanol–water partition coefficient (Wildman–Crippen LogP) is 3.28. The van der Waals surface area contributed by atoms with E-state index in [2.05, 4.69) is 31.7 Å². The summed E-state index contributed by atoms with van der Waals surface area (Å²) < 4.78 is 0. The highest BCUT2D eigenvalue weighted by atomic mass is 16.3. The fourth-order valence-corrected chi connectivity index (χ4v) is 2.85. The minimum atomic E-state index is 0.0929. The van der Waals surface area contributed by atoms with Gasteiger partial charge in [0, 0.05) is 18.2 Å². The van der Waals surface area contributed by atoms with E-state index in [4.69, 9.17) is 0 Å². The van der Waals surface area contributed by atoms with Gasteiger partial charge in [0.25, 0.3) is 0 Å². The van der Waals surface area contributed by atoms with E-state index in [0.717, 1.165) is 29.5 Å². The second kappa shape index (κ2) is 8.30. The van der Waals surface area contributed by atoms with Gasteiger partial charge in [0.1, 0.15) is 0 Å². The molecule has 118 valence electrons. The Bertz CT molecular complexity index is 478. The molecule has 0 amide bonds. The van der Waals surface area contributed by atoms with E-state index in [1.165, 1.54) is 5.56 Å². The van der Waals surface area contributed by atoms with E-state index in [1.807, 2.05) is 19.9 Å². The van der Waals surface area contributed by atoms with E-state index >= 15 is 0 Å². The number of ketones is 1. The van der Waals surface area contributed by atoms with Crippen LogP contribution in [0.3, 0.4) is 0 Å². The summed E-state index contributed by atoms with van der Waals surface area (Å²) in [6.07, 6.45) is 1.99. The molecule has 1 rings (SSSR count). The Labute approximate surface area is 129 Å². The Hall–Kier alpha value is -1.19. The molecule has 0 bridgehead atoms. The molecule has 0 aliphatic rings. The lowest BCUT2D eigenvalue weighted by molar-refractivity contribution is 0.0849. The lowest BCUT2D eigenvalue weighted by atomic mass is 9.97. The summed E-state index contributed by atoms with van der Waals surface area (Å²) in [6.45, 7) is 11.4. The summed E-state index contributed by atoms with van der Waals surface area (Å²) >= 11 is 0. The first-order chi connectivity index (χ1) is 9.94. The number of benzene rings is 1. The summed E-state index contributed by atoms with van der Waals surface area (Å²) in [7, 11) is 0. The molecule has 0 spiro atoms. The summed E-state index contributed by atoms with van der Waals surface area (Å²) in [5.74, 6) is 0.149. The van der Waals surface area contributed by atoms with Gasteiger partial charge in [-0.25, -0.2) is 0 Å². The van der Waals surface area contributed by atoms with Gasteiger partial charge in [-0.05, 0) is 56.4 Å².